The van der Waals surface area contributed by atoms with Crippen LogP contribution in [-0.4, -0.2) is 47.3 Å². The standard InChI is InChI=1S/C17H22F3N5O/c1-21-16(25(3)11-14-7-5-9-24(14)2)23-10-13-6-4-8-22-15(13)26-12-17(18,19)20/h4-9H,10-12H2,1-3H3,(H,21,23). The van der Waals surface area contributed by atoms with Crippen molar-refractivity contribution in [2.45, 2.75) is 19.3 Å². The van der Waals surface area contributed by atoms with Crippen LogP contribution in [0.1, 0.15) is 11.3 Å². The summed E-state index contributed by atoms with van der Waals surface area (Å²) in [6.45, 7) is -0.502. The van der Waals surface area contributed by atoms with Crippen LogP contribution in [0.4, 0.5) is 13.2 Å². The monoisotopic (exact) mass is 369 g/mol. The highest BCUT2D eigenvalue weighted by atomic mass is 19.4. The molecular weight excluding hydrogens is 347 g/mol. The van der Waals surface area contributed by atoms with Crippen LogP contribution in [0, 0.1) is 0 Å². The number of nitrogens with one attached hydrogen (secondary N) is 1. The Hall–Kier alpha value is -2.71. The number of alkyl halides is 3. The number of hydrogen-bond donors (Lipinski definition) is 1. The van der Waals surface area contributed by atoms with Crippen LogP contribution in [0.3, 0.4) is 0 Å². The summed E-state index contributed by atoms with van der Waals surface area (Å²) in [7, 11) is 5.49. The summed E-state index contributed by atoms with van der Waals surface area (Å²) < 4.78 is 43.9. The summed E-state index contributed by atoms with van der Waals surface area (Å²) >= 11 is 0. The van der Waals surface area contributed by atoms with Gasteiger partial charge < -0.3 is 19.5 Å². The van der Waals surface area contributed by atoms with E-state index in [9.17, 15) is 13.2 Å². The lowest BCUT2D eigenvalue weighted by molar-refractivity contribution is -0.154. The average Bonchev–Trinajstić information content (AvgIpc) is 2.98. The predicted molar refractivity (Wildman–Crippen MR) is 92.9 cm³/mol. The lowest BCUT2D eigenvalue weighted by atomic mass is 10.2. The fraction of sp³-hybridized carbons (Fsp3) is 0.412. The summed E-state index contributed by atoms with van der Waals surface area (Å²) in [5, 5.41) is 3.12. The molecule has 0 aliphatic carbocycles. The molecule has 0 aliphatic heterocycles. The molecule has 2 heterocycles. The van der Waals surface area contributed by atoms with Crippen molar-refractivity contribution >= 4 is 5.96 Å². The van der Waals surface area contributed by atoms with Gasteiger partial charge in [0.05, 0.1) is 6.54 Å². The van der Waals surface area contributed by atoms with E-state index in [2.05, 4.69) is 15.3 Å². The molecule has 0 amide bonds. The van der Waals surface area contributed by atoms with Crippen molar-refractivity contribution in [1.82, 2.24) is 19.8 Å². The van der Waals surface area contributed by atoms with E-state index in [-0.39, 0.29) is 12.4 Å². The summed E-state index contributed by atoms with van der Waals surface area (Å²) in [5.41, 5.74) is 1.62. The van der Waals surface area contributed by atoms with Crippen molar-refractivity contribution in [3.63, 3.8) is 0 Å². The van der Waals surface area contributed by atoms with E-state index >= 15 is 0 Å². The number of hydrogen-bond acceptors (Lipinski definition) is 3. The lowest BCUT2D eigenvalue weighted by Crippen LogP contribution is -2.38. The molecule has 6 nitrogen and oxygen atoms in total. The molecule has 2 aromatic rings. The first-order chi connectivity index (χ1) is 12.3. The van der Waals surface area contributed by atoms with E-state index in [1.165, 1.54) is 6.20 Å². The van der Waals surface area contributed by atoms with Gasteiger partial charge in [0.2, 0.25) is 5.88 Å². The number of aryl methyl sites for hydroxylation is 1. The highest BCUT2D eigenvalue weighted by Gasteiger charge is 2.29. The molecule has 0 radical (unpaired) electrons. The van der Waals surface area contributed by atoms with E-state index < -0.39 is 12.8 Å². The smallest absolute Gasteiger partial charge is 0.422 e. The minimum absolute atomic E-state index is 0.0436. The quantitative estimate of drug-likeness (QED) is 0.628. The van der Waals surface area contributed by atoms with Gasteiger partial charge in [-0.3, -0.25) is 4.99 Å². The summed E-state index contributed by atoms with van der Waals surface area (Å²) in [4.78, 5) is 10.0. The Kier molecular flexibility index (Phi) is 6.48. The molecule has 0 aromatic carbocycles. The van der Waals surface area contributed by atoms with E-state index in [0.29, 0.717) is 18.1 Å². The van der Waals surface area contributed by atoms with Gasteiger partial charge in [-0.1, -0.05) is 6.07 Å². The summed E-state index contributed by atoms with van der Waals surface area (Å²) in [5.74, 6) is 0.565. The molecule has 2 aromatic heterocycles. The number of pyridine rings is 1. The minimum atomic E-state index is -4.41. The molecule has 2 rings (SSSR count). The minimum Gasteiger partial charge on any atom is -0.468 e. The van der Waals surface area contributed by atoms with Gasteiger partial charge in [0.25, 0.3) is 0 Å². The number of halogens is 3. The fourth-order valence-electron chi connectivity index (χ4n) is 2.38. The maximum atomic E-state index is 12.4. The molecule has 0 bridgehead atoms. The molecule has 0 fully saturated rings. The Morgan fingerprint density at radius 3 is 2.73 bits per heavy atom. The van der Waals surface area contributed by atoms with Gasteiger partial charge in [-0.2, -0.15) is 13.2 Å². The van der Waals surface area contributed by atoms with Gasteiger partial charge in [0.1, 0.15) is 0 Å². The first kappa shape index (κ1) is 19.6. The predicted octanol–water partition coefficient (Wildman–Crippen LogP) is 2.57. The second-order valence-electron chi connectivity index (χ2n) is 5.74. The second-order valence-corrected chi connectivity index (χ2v) is 5.74. The van der Waals surface area contributed by atoms with Gasteiger partial charge in [0, 0.05) is 51.3 Å². The Labute approximate surface area is 150 Å². The zero-order valence-electron chi connectivity index (χ0n) is 14.9. The van der Waals surface area contributed by atoms with Crippen LogP contribution in [0.25, 0.3) is 0 Å². The molecular formula is C17H22F3N5O. The maximum absolute atomic E-state index is 12.4. The maximum Gasteiger partial charge on any atom is 0.422 e. The highest BCUT2D eigenvalue weighted by Crippen LogP contribution is 2.19. The Bertz CT molecular complexity index is 742. The highest BCUT2D eigenvalue weighted by molar-refractivity contribution is 5.79. The van der Waals surface area contributed by atoms with Crippen molar-refractivity contribution in [1.29, 1.82) is 0 Å². The largest absolute Gasteiger partial charge is 0.468 e. The molecule has 26 heavy (non-hydrogen) atoms. The number of rotatable bonds is 6. The van der Waals surface area contributed by atoms with Crippen LogP contribution < -0.4 is 10.1 Å². The van der Waals surface area contributed by atoms with Crippen molar-refractivity contribution in [3.8, 4) is 5.88 Å². The first-order valence-electron chi connectivity index (χ1n) is 7.95. The molecule has 1 N–H and O–H groups in total. The van der Waals surface area contributed by atoms with Crippen molar-refractivity contribution in [2.75, 3.05) is 20.7 Å². The van der Waals surface area contributed by atoms with E-state index in [1.807, 2.05) is 41.9 Å². The topological polar surface area (TPSA) is 54.7 Å². The third-order valence-corrected chi connectivity index (χ3v) is 3.68. The van der Waals surface area contributed by atoms with Gasteiger partial charge in [-0.15, -0.1) is 0 Å². The van der Waals surface area contributed by atoms with Gasteiger partial charge >= 0.3 is 6.18 Å². The van der Waals surface area contributed by atoms with Gasteiger partial charge in [-0.25, -0.2) is 4.98 Å². The molecule has 9 heteroatoms. The molecule has 0 saturated heterocycles. The van der Waals surface area contributed by atoms with Crippen molar-refractivity contribution in [2.24, 2.45) is 12.0 Å². The molecule has 0 unspecified atom stereocenters. The van der Waals surface area contributed by atoms with Gasteiger partial charge in [-0.05, 0) is 18.2 Å². The van der Waals surface area contributed by atoms with E-state index in [0.717, 1.165) is 5.69 Å². The fourth-order valence-corrected chi connectivity index (χ4v) is 2.38. The lowest BCUT2D eigenvalue weighted by Gasteiger charge is -2.22. The molecule has 142 valence electrons. The second kappa shape index (κ2) is 8.59. The Morgan fingerprint density at radius 1 is 1.35 bits per heavy atom. The first-order valence-corrected chi connectivity index (χ1v) is 7.95. The van der Waals surface area contributed by atoms with Crippen LogP contribution in [0.5, 0.6) is 5.88 Å². The van der Waals surface area contributed by atoms with E-state index in [1.54, 1.807) is 19.2 Å². The number of aromatic nitrogens is 2. The third-order valence-electron chi connectivity index (χ3n) is 3.68. The third kappa shape index (κ3) is 5.68. The van der Waals surface area contributed by atoms with Gasteiger partial charge in [0.15, 0.2) is 12.6 Å². The summed E-state index contributed by atoms with van der Waals surface area (Å²) in [6.07, 6.45) is -1.06. The van der Waals surface area contributed by atoms with Crippen molar-refractivity contribution < 1.29 is 17.9 Å². The molecule has 0 aliphatic rings. The normalized spacial score (nSPS) is 12.2. The zero-order chi connectivity index (χ0) is 19.2. The van der Waals surface area contributed by atoms with Crippen molar-refractivity contribution in [3.05, 3.63) is 47.9 Å². The molecule has 0 spiro atoms. The Morgan fingerprint density at radius 2 is 2.12 bits per heavy atom. The summed E-state index contributed by atoms with van der Waals surface area (Å²) in [6, 6.07) is 7.28. The number of nitrogens with zero attached hydrogens (tertiary/aromatic N) is 4. The number of guanidine groups is 1. The zero-order valence-corrected chi connectivity index (χ0v) is 14.9. The average molecular weight is 369 g/mol. The van der Waals surface area contributed by atoms with Crippen LogP contribution in [0.2, 0.25) is 0 Å². The number of ether oxygens (including phenoxy) is 1. The Balaban J connectivity index is 1.99. The number of aliphatic imine (C=N–C) groups is 1. The van der Waals surface area contributed by atoms with E-state index in [4.69, 9.17) is 4.74 Å². The molecule has 0 saturated carbocycles. The SMILES string of the molecule is CN=C(NCc1cccnc1OCC(F)(F)F)N(C)Cc1cccn1C. The van der Waals surface area contributed by atoms with Crippen LogP contribution in [-0.2, 0) is 20.1 Å². The van der Waals surface area contributed by atoms with Crippen LogP contribution in [0.15, 0.2) is 41.7 Å². The molecule has 0 atom stereocenters. The van der Waals surface area contributed by atoms with Crippen LogP contribution >= 0.6 is 0 Å².